The minimum atomic E-state index is -0.787. The monoisotopic (exact) mass is 272 g/mol. The Morgan fingerprint density at radius 1 is 1.53 bits per heavy atom. The molecule has 1 aliphatic rings. The van der Waals surface area contributed by atoms with Gasteiger partial charge in [-0.3, -0.25) is 4.79 Å². The van der Waals surface area contributed by atoms with E-state index in [2.05, 4.69) is 5.32 Å². The topological polar surface area (TPSA) is 78.9 Å². The second kappa shape index (κ2) is 7.99. The van der Waals surface area contributed by atoms with Crippen LogP contribution in [0, 0.1) is 5.92 Å². The molecule has 0 bridgehead atoms. The number of nitrogens with zero attached hydrogens (tertiary/aromatic N) is 1. The quantitative estimate of drug-likeness (QED) is 0.714. The summed E-state index contributed by atoms with van der Waals surface area (Å²) in [6, 6.07) is -0.0790. The number of carbonyl (C=O) groups is 2. The van der Waals surface area contributed by atoms with Gasteiger partial charge in [-0.1, -0.05) is 13.8 Å². The summed E-state index contributed by atoms with van der Waals surface area (Å²) in [5, 5.41) is 11.6. The molecule has 2 atom stereocenters. The zero-order chi connectivity index (χ0) is 14.3. The van der Waals surface area contributed by atoms with Gasteiger partial charge in [0.2, 0.25) is 0 Å². The van der Waals surface area contributed by atoms with Crippen LogP contribution in [0.15, 0.2) is 0 Å². The van der Waals surface area contributed by atoms with Crippen molar-refractivity contribution in [2.75, 3.05) is 26.2 Å². The van der Waals surface area contributed by atoms with Crippen LogP contribution >= 0.6 is 0 Å². The summed E-state index contributed by atoms with van der Waals surface area (Å²) in [6.07, 6.45) is 2.29. The highest BCUT2D eigenvalue weighted by molar-refractivity contribution is 5.74. The molecule has 6 nitrogen and oxygen atoms in total. The van der Waals surface area contributed by atoms with Crippen LogP contribution in [-0.4, -0.2) is 54.4 Å². The summed E-state index contributed by atoms with van der Waals surface area (Å²) in [4.78, 5) is 24.3. The van der Waals surface area contributed by atoms with E-state index in [0.717, 1.165) is 6.42 Å². The molecule has 0 aromatic carbocycles. The van der Waals surface area contributed by atoms with Crippen LogP contribution in [0.2, 0.25) is 0 Å². The fraction of sp³-hybridized carbons (Fsp3) is 0.846. The molecule has 110 valence electrons. The second-order valence-electron chi connectivity index (χ2n) is 4.96. The lowest BCUT2D eigenvalue weighted by Gasteiger charge is -2.32. The maximum absolute atomic E-state index is 11.9. The fourth-order valence-electron chi connectivity index (χ4n) is 1.99. The maximum atomic E-state index is 11.9. The summed E-state index contributed by atoms with van der Waals surface area (Å²) in [6.45, 7) is 6.08. The predicted octanol–water partition coefficient (Wildman–Crippen LogP) is 1.31. The molecule has 6 heteroatoms. The number of carbonyl (C=O) groups excluding carboxylic acids is 1. The normalized spacial score (nSPS) is 20.9. The van der Waals surface area contributed by atoms with Crippen LogP contribution in [-0.2, 0) is 9.53 Å². The molecule has 1 heterocycles. The first-order chi connectivity index (χ1) is 9.04. The highest BCUT2D eigenvalue weighted by atomic mass is 16.5. The van der Waals surface area contributed by atoms with Crippen LogP contribution in [0.5, 0.6) is 0 Å². The van der Waals surface area contributed by atoms with Crippen molar-refractivity contribution >= 4 is 12.0 Å². The first-order valence-electron chi connectivity index (χ1n) is 6.91. The number of hydrogen-bond donors (Lipinski definition) is 2. The summed E-state index contributed by atoms with van der Waals surface area (Å²) in [7, 11) is 0. The van der Waals surface area contributed by atoms with Gasteiger partial charge in [0.15, 0.2) is 0 Å². The smallest absolute Gasteiger partial charge is 0.317 e. The van der Waals surface area contributed by atoms with Crippen molar-refractivity contribution in [2.45, 2.75) is 39.2 Å². The molecule has 0 radical (unpaired) electrons. The highest BCUT2D eigenvalue weighted by Crippen LogP contribution is 2.08. The summed E-state index contributed by atoms with van der Waals surface area (Å²) in [5.74, 6) is -1.14. The standard InChI is InChI=1S/C13H24N2O4/c1-3-11-9-15(7-8-19-11)13(18)14-6-4-5-10(2)12(16)17/h10-11H,3-9H2,1-2H3,(H,14,18)(H,16,17). The molecule has 2 N–H and O–H groups in total. The van der Waals surface area contributed by atoms with Crippen molar-refractivity contribution < 1.29 is 19.4 Å². The lowest BCUT2D eigenvalue weighted by molar-refractivity contribution is -0.141. The molecule has 19 heavy (non-hydrogen) atoms. The summed E-state index contributed by atoms with van der Waals surface area (Å²) >= 11 is 0. The molecule has 0 aromatic heterocycles. The van der Waals surface area contributed by atoms with Crippen molar-refractivity contribution in [3.8, 4) is 0 Å². The van der Waals surface area contributed by atoms with Gasteiger partial charge in [-0.2, -0.15) is 0 Å². The van der Waals surface area contributed by atoms with Gasteiger partial charge in [0.25, 0.3) is 0 Å². The lowest BCUT2D eigenvalue weighted by atomic mass is 10.1. The van der Waals surface area contributed by atoms with Crippen LogP contribution in [0.1, 0.15) is 33.1 Å². The number of morpholine rings is 1. The number of rotatable bonds is 6. The molecule has 1 aliphatic heterocycles. The predicted molar refractivity (Wildman–Crippen MR) is 71.0 cm³/mol. The molecular formula is C13H24N2O4. The van der Waals surface area contributed by atoms with Gasteiger partial charge < -0.3 is 20.1 Å². The van der Waals surface area contributed by atoms with Gasteiger partial charge in [0.1, 0.15) is 0 Å². The zero-order valence-electron chi connectivity index (χ0n) is 11.7. The van der Waals surface area contributed by atoms with Crippen molar-refractivity contribution in [2.24, 2.45) is 5.92 Å². The maximum Gasteiger partial charge on any atom is 0.317 e. The number of aliphatic carboxylic acids is 1. The largest absolute Gasteiger partial charge is 0.481 e. The number of amides is 2. The Balaban J connectivity index is 2.18. The van der Waals surface area contributed by atoms with E-state index in [1.807, 2.05) is 6.92 Å². The molecule has 0 aromatic rings. The SMILES string of the molecule is CCC1CN(C(=O)NCCCC(C)C(=O)O)CCO1. The molecular weight excluding hydrogens is 248 g/mol. The van der Waals surface area contributed by atoms with Gasteiger partial charge in [0, 0.05) is 19.6 Å². The summed E-state index contributed by atoms with van der Waals surface area (Å²) < 4.78 is 5.50. The number of carboxylic acids is 1. The van der Waals surface area contributed by atoms with Gasteiger partial charge in [-0.05, 0) is 19.3 Å². The number of nitrogens with one attached hydrogen (secondary N) is 1. The van der Waals surface area contributed by atoms with Crippen molar-refractivity contribution in [3.63, 3.8) is 0 Å². The molecule has 0 spiro atoms. The number of carboxylic acid groups (broad SMARTS) is 1. The Morgan fingerprint density at radius 3 is 2.89 bits per heavy atom. The number of hydrogen-bond acceptors (Lipinski definition) is 3. The molecule has 1 saturated heterocycles. The molecule has 2 amide bonds. The van der Waals surface area contributed by atoms with Crippen molar-refractivity contribution in [1.82, 2.24) is 10.2 Å². The van der Waals surface area contributed by atoms with Gasteiger partial charge in [0.05, 0.1) is 18.6 Å². The van der Waals surface area contributed by atoms with Gasteiger partial charge in [-0.15, -0.1) is 0 Å². The van der Waals surface area contributed by atoms with E-state index in [1.54, 1.807) is 11.8 Å². The second-order valence-corrected chi connectivity index (χ2v) is 4.96. The molecule has 0 saturated carbocycles. The van der Waals surface area contributed by atoms with Gasteiger partial charge in [-0.25, -0.2) is 4.79 Å². The van der Waals surface area contributed by atoms with E-state index in [9.17, 15) is 9.59 Å². The van der Waals surface area contributed by atoms with Crippen LogP contribution in [0.3, 0.4) is 0 Å². The Morgan fingerprint density at radius 2 is 2.26 bits per heavy atom. The first-order valence-corrected chi connectivity index (χ1v) is 6.91. The lowest BCUT2D eigenvalue weighted by Crippen LogP contribution is -2.49. The van der Waals surface area contributed by atoms with Crippen LogP contribution < -0.4 is 5.32 Å². The van der Waals surface area contributed by atoms with Crippen LogP contribution in [0.25, 0.3) is 0 Å². The summed E-state index contributed by atoms with van der Waals surface area (Å²) in [5.41, 5.74) is 0. The molecule has 0 aliphatic carbocycles. The van der Waals surface area contributed by atoms with E-state index >= 15 is 0 Å². The Labute approximate surface area is 114 Å². The highest BCUT2D eigenvalue weighted by Gasteiger charge is 2.22. The van der Waals surface area contributed by atoms with Crippen LogP contribution in [0.4, 0.5) is 4.79 Å². The van der Waals surface area contributed by atoms with Gasteiger partial charge >= 0.3 is 12.0 Å². The fourth-order valence-corrected chi connectivity index (χ4v) is 1.99. The Kier molecular flexibility index (Phi) is 6.62. The van der Waals surface area contributed by atoms with Crippen molar-refractivity contribution in [3.05, 3.63) is 0 Å². The third-order valence-corrected chi connectivity index (χ3v) is 3.39. The average Bonchev–Trinajstić information content (AvgIpc) is 2.42. The molecule has 2 unspecified atom stereocenters. The molecule has 1 rings (SSSR count). The zero-order valence-corrected chi connectivity index (χ0v) is 11.7. The van der Waals surface area contributed by atoms with E-state index in [-0.39, 0.29) is 18.1 Å². The Hall–Kier alpha value is -1.30. The van der Waals surface area contributed by atoms with E-state index in [4.69, 9.17) is 9.84 Å². The third-order valence-electron chi connectivity index (χ3n) is 3.39. The minimum absolute atomic E-state index is 0.0790. The van der Waals surface area contributed by atoms with Crippen molar-refractivity contribution in [1.29, 1.82) is 0 Å². The van der Waals surface area contributed by atoms with E-state index in [0.29, 0.717) is 39.1 Å². The molecule has 1 fully saturated rings. The number of ether oxygens (including phenoxy) is 1. The first kappa shape index (κ1) is 15.8. The van der Waals surface area contributed by atoms with E-state index < -0.39 is 5.97 Å². The average molecular weight is 272 g/mol. The minimum Gasteiger partial charge on any atom is -0.481 e. The Bertz CT molecular complexity index is 309. The number of urea groups is 1. The van der Waals surface area contributed by atoms with E-state index in [1.165, 1.54) is 0 Å². The third kappa shape index (κ3) is 5.46.